The number of phenols is 1. The third-order valence-corrected chi connectivity index (χ3v) is 3.27. The first kappa shape index (κ1) is 13.8. The Bertz CT molecular complexity index is 472. The van der Waals surface area contributed by atoms with E-state index >= 15 is 0 Å². The molecule has 19 heavy (non-hydrogen) atoms. The van der Waals surface area contributed by atoms with Crippen LogP contribution >= 0.6 is 0 Å². The maximum atomic E-state index is 13.1. The van der Waals surface area contributed by atoms with E-state index in [4.69, 9.17) is 9.47 Å². The molecule has 1 saturated heterocycles. The highest BCUT2D eigenvalue weighted by molar-refractivity contribution is 5.96. The van der Waals surface area contributed by atoms with Crippen LogP contribution in [0.15, 0.2) is 18.2 Å². The summed E-state index contributed by atoms with van der Waals surface area (Å²) in [6.45, 7) is 1.23. The second-order valence-corrected chi connectivity index (χ2v) is 4.53. The van der Waals surface area contributed by atoms with E-state index < -0.39 is 17.3 Å². The molecule has 1 heterocycles. The molecule has 1 aliphatic rings. The minimum Gasteiger partial charge on any atom is -0.507 e. The van der Waals surface area contributed by atoms with Gasteiger partial charge >= 0.3 is 0 Å². The summed E-state index contributed by atoms with van der Waals surface area (Å²) in [6, 6.07) is 3.23. The Balaban J connectivity index is 2.03. The van der Waals surface area contributed by atoms with E-state index in [0.29, 0.717) is 19.6 Å². The second-order valence-electron chi connectivity index (χ2n) is 4.53. The number of carbonyl (C=O) groups excluding carboxylic acids is 1. The SMILES string of the molecule is COC1(CNC(=O)c2cc(F)ccc2O)CCOC1. The number of carbonyl (C=O) groups is 1. The second kappa shape index (κ2) is 5.54. The van der Waals surface area contributed by atoms with Gasteiger partial charge in [-0.2, -0.15) is 0 Å². The molecule has 1 fully saturated rings. The highest BCUT2D eigenvalue weighted by Crippen LogP contribution is 2.22. The van der Waals surface area contributed by atoms with E-state index in [1.165, 1.54) is 0 Å². The van der Waals surface area contributed by atoms with E-state index in [9.17, 15) is 14.3 Å². The van der Waals surface area contributed by atoms with Crippen molar-refractivity contribution in [3.63, 3.8) is 0 Å². The van der Waals surface area contributed by atoms with Gasteiger partial charge in [-0.15, -0.1) is 0 Å². The van der Waals surface area contributed by atoms with Crippen LogP contribution in [0.1, 0.15) is 16.8 Å². The molecular formula is C13H16FNO4. The smallest absolute Gasteiger partial charge is 0.255 e. The molecule has 5 nitrogen and oxygen atoms in total. The quantitative estimate of drug-likeness (QED) is 0.858. The van der Waals surface area contributed by atoms with Crippen molar-refractivity contribution in [3.05, 3.63) is 29.6 Å². The van der Waals surface area contributed by atoms with E-state index in [1.54, 1.807) is 7.11 Å². The molecule has 104 valence electrons. The summed E-state index contributed by atoms with van der Waals surface area (Å²) in [4.78, 5) is 11.9. The van der Waals surface area contributed by atoms with Crippen LogP contribution in [0, 0.1) is 5.82 Å². The van der Waals surface area contributed by atoms with Crippen LogP contribution in [-0.2, 0) is 9.47 Å². The van der Waals surface area contributed by atoms with Gasteiger partial charge < -0.3 is 19.9 Å². The Morgan fingerprint density at radius 2 is 2.42 bits per heavy atom. The summed E-state index contributed by atoms with van der Waals surface area (Å²) in [5, 5.41) is 12.2. The van der Waals surface area contributed by atoms with Crippen molar-refractivity contribution >= 4 is 5.91 Å². The number of rotatable bonds is 4. The van der Waals surface area contributed by atoms with Gasteiger partial charge in [0, 0.05) is 26.7 Å². The number of nitrogens with one attached hydrogen (secondary N) is 1. The lowest BCUT2D eigenvalue weighted by atomic mass is 10.0. The van der Waals surface area contributed by atoms with Crippen molar-refractivity contribution < 1.29 is 23.8 Å². The fourth-order valence-corrected chi connectivity index (χ4v) is 1.99. The normalized spacial score (nSPS) is 22.4. The van der Waals surface area contributed by atoms with E-state index in [1.807, 2.05) is 0 Å². The largest absolute Gasteiger partial charge is 0.507 e. The van der Waals surface area contributed by atoms with Crippen LogP contribution in [-0.4, -0.2) is 43.5 Å². The summed E-state index contributed by atoms with van der Waals surface area (Å²) in [7, 11) is 1.56. The molecule has 1 aliphatic heterocycles. The monoisotopic (exact) mass is 269 g/mol. The van der Waals surface area contributed by atoms with Crippen molar-refractivity contribution in [3.8, 4) is 5.75 Å². The average Bonchev–Trinajstić information content (AvgIpc) is 2.88. The summed E-state index contributed by atoms with van der Waals surface area (Å²) in [5.41, 5.74) is -0.635. The molecule has 1 aromatic carbocycles. The number of benzene rings is 1. The first-order chi connectivity index (χ1) is 9.06. The highest BCUT2D eigenvalue weighted by atomic mass is 19.1. The predicted octanol–water partition coefficient (Wildman–Crippen LogP) is 1.07. The van der Waals surface area contributed by atoms with E-state index in [0.717, 1.165) is 18.2 Å². The van der Waals surface area contributed by atoms with Gasteiger partial charge in [0.15, 0.2) is 0 Å². The molecule has 1 amide bonds. The van der Waals surface area contributed by atoms with Crippen LogP contribution in [0.3, 0.4) is 0 Å². The fraction of sp³-hybridized carbons (Fsp3) is 0.462. The lowest BCUT2D eigenvalue weighted by Gasteiger charge is -2.25. The average molecular weight is 269 g/mol. The van der Waals surface area contributed by atoms with Crippen LogP contribution in [0.5, 0.6) is 5.75 Å². The standard InChI is InChI=1S/C13H16FNO4/c1-18-13(4-5-19-8-13)7-15-12(17)10-6-9(14)2-3-11(10)16/h2-3,6,16H,4-5,7-8H2,1H3,(H,15,17). The zero-order valence-electron chi connectivity index (χ0n) is 10.6. The Labute approximate surface area is 110 Å². The van der Waals surface area contributed by atoms with Crippen molar-refractivity contribution in [2.75, 3.05) is 26.9 Å². The first-order valence-corrected chi connectivity index (χ1v) is 5.96. The lowest BCUT2D eigenvalue weighted by molar-refractivity contribution is -0.0148. The van der Waals surface area contributed by atoms with Gasteiger partial charge in [0.2, 0.25) is 0 Å². The maximum Gasteiger partial charge on any atom is 0.255 e. The van der Waals surface area contributed by atoms with Crippen LogP contribution in [0.2, 0.25) is 0 Å². The molecular weight excluding hydrogens is 253 g/mol. The highest BCUT2D eigenvalue weighted by Gasteiger charge is 2.35. The minimum absolute atomic E-state index is 0.0924. The lowest BCUT2D eigenvalue weighted by Crippen LogP contribution is -2.45. The van der Waals surface area contributed by atoms with Crippen molar-refractivity contribution in [1.82, 2.24) is 5.32 Å². The number of ether oxygens (including phenoxy) is 2. The number of hydrogen-bond donors (Lipinski definition) is 2. The van der Waals surface area contributed by atoms with Crippen LogP contribution in [0.4, 0.5) is 4.39 Å². The number of methoxy groups -OCH3 is 1. The summed E-state index contributed by atoms with van der Waals surface area (Å²) >= 11 is 0. The van der Waals surface area contributed by atoms with Crippen molar-refractivity contribution in [2.45, 2.75) is 12.0 Å². The molecule has 1 aromatic rings. The Morgan fingerprint density at radius 1 is 1.63 bits per heavy atom. The zero-order valence-corrected chi connectivity index (χ0v) is 10.6. The molecule has 0 spiro atoms. The zero-order chi connectivity index (χ0) is 13.9. The third kappa shape index (κ3) is 3.02. The Morgan fingerprint density at radius 3 is 3.05 bits per heavy atom. The number of aromatic hydroxyl groups is 1. The van der Waals surface area contributed by atoms with Gasteiger partial charge in [0.25, 0.3) is 5.91 Å². The Hall–Kier alpha value is -1.66. The topological polar surface area (TPSA) is 67.8 Å². The molecule has 0 aromatic heterocycles. The molecule has 0 aliphatic carbocycles. The number of phenolic OH excluding ortho intramolecular Hbond substituents is 1. The van der Waals surface area contributed by atoms with Gasteiger partial charge in [0.1, 0.15) is 17.2 Å². The molecule has 1 unspecified atom stereocenters. The van der Waals surface area contributed by atoms with Gasteiger partial charge in [-0.1, -0.05) is 0 Å². The summed E-state index contributed by atoms with van der Waals surface area (Å²) < 4.78 is 23.7. The maximum absolute atomic E-state index is 13.1. The molecule has 2 N–H and O–H groups in total. The van der Waals surface area contributed by atoms with Gasteiger partial charge in [-0.3, -0.25) is 4.79 Å². The molecule has 0 bridgehead atoms. The first-order valence-electron chi connectivity index (χ1n) is 5.96. The van der Waals surface area contributed by atoms with Gasteiger partial charge in [-0.25, -0.2) is 4.39 Å². The van der Waals surface area contributed by atoms with E-state index in [-0.39, 0.29) is 17.9 Å². The number of amides is 1. The molecule has 2 rings (SSSR count). The number of halogens is 1. The van der Waals surface area contributed by atoms with Crippen LogP contribution in [0.25, 0.3) is 0 Å². The summed E-state index contributed by atoms with van der Waals surface area (Å²) in [5.74, 6) is -1.37. The number of hydrogen-bond acceptors (Lipinski definition) is 4. The van der Waals surface area contributed by atoms with Crippen molar-refractivity contribution in [2.24, 2.45) is 0 Å². The fourth-order valence-electron chi connectivity index (χ4n) is 1.99. The Kier molecular flexibility index (Phi) is 4.01. The molecule has 6 heteroatoms. The predicted molar refractivity (Wildman–Crippen MR) is 65.6 cm³/mol. The van der Waals surface area contributed by atoms with E-state index in [2.05, 4.69) is 5.32 Å². The van der Waals surface area contributed by atoms with Crippen LogP contribution < -0.4 is 5.32 Å². The summed E-state index contributed by atoms with van der Waals surface area (Å²) in [6.07, 6.45) is 0.679. The molecule has 0 radical (unpaired) electrons. The van der Waals surface area contributed by atoms with Gasteiger partial charge in [0.05, 0.1) is 12.2 Å². The minimum atomic E-state index is -0.575. The third-order valence-electron chi connectivity index (χ3n) is 3.27. The van der Waals surface area contributed by atoms with Gasteiger partial charge in [-0.05, 0) is 18.2 Å². The molecule has 0 saturated carbocycles. The molecule has 1 atom stereocenters. The van der Waals surface area contributed by atoms with Crippen molar-refractivity contribution in [1.29, 1.82) is 0 Å².